The van der Waals surface area contributed by atoms with Crippen LogP contribution in [-0.4, -0.2) is 54.0 Å². The first-order valence-corrected chi connectivity index (χ1v) is 8.37. The predicted octanol–water partition coefficient (Wildman–Crippen LogP) is 1.99. The summed E-state index contributed by atoms with van der Waals surface area (Å²) in [7, 11) is 0. The van der Waals surface area contributed by atoms with Crippen molar-refractivity contribution < 1.29 is 0 Å². The zero-order valence-electron chi connectivity index (χ0n) is 15.4. The lowest BCUT2D eigenvalue weighted by molar-refractivity contribution is 0.554. The molecule has 2 aromatic rings. The van der Waals surface area contributed by atoms with Crippen molar-refractivity contribution >= 4 is 35.5 Å². The molecule has 2 aromatic heterocycles. The summed E-state index contributed by atoms with van der Waals surface area (Å²) in [6.45, 7) is 7.53. The summed E-state index contributed by atoms with van der Waals surface area (Å²) in [5.74, 6) is 2.52. The third-order valence-electron chi connectivity index (χ3n) is 4.53. The largest absolute Gasteiger partial charge is 0.274 e. The van der Waals surface area contributed by atoms with Crippen molar-refractivity contribution in [1.82, 2.24) is 30.4 Å². The molecule has 3 aliphatic rings. The molecule has 5 rings (SSSR count). The van der Waals surface area contributed by atoms with E-state index in [1.807, 2.05) is 27.7 Å². The van der Waals surface area contributed by atoms with E-state index in [4.69, 9.17) is 0 Å². The highest BCUT2D eigenvalue weighted by Crippen LogP contribution is 2.30. The van der Waals surface area contributed by atoms with Crippen LogP contribution in [0.5, 0.6) is 0 Å². The topological polar surface area (TPSA) is 182 Å². The highest BCUT2D eigenvalue weighted by atomic mass is 15.4. The number of amidine groups is 2. The number of guanidine groups is 2. The zero-order chi connectivity index (χ0) is 19.5. The fourth-order valence-corrected chi connectivity index (χ4v) is 2.64. The Hall–Kier alpha value is -3.84. The molecule has 0 saturated heterocycles. The van der Waals surface area contributed by atoms with E-state index in [0.717, 1.165) is 0 Å². The maximum atomic E-state index is 4.41. The highest BCUT2D eigenvalue weighted by molar-refractivity contribution is 6.18. The zero-order valence-corrected chi connectivity index (χ0v) is 15.4. The van der Waals surface area contributed by atoms with Gasteiger partial charge in [-0.1, -0.05) is 0 Å². The molecule has 0 saturated carbocycles. The van der Waals surface area contributed by atoms with Gasteiger partial charge in [-0.05, 0) is 27.7 Å². The van der Waals surface area contributed by atoms with E-state index in [1.165, 1.54) is 0 Å². The summed E-state index contributed by atoms with van der Waals surface area (Å²) in [5, 5.41) is 30.2. The number of aliphatic imine (C=N–C) groups is 4. The minimum absolute atomic E-state index is 0.143. The molecule has 0 unspecified atom stereocenters. The Morgan fingerprint density at radius 3 is 1.50 bits per heavy atom. The number of hydrogen-bond acceptors (Lipinski definition) is 12. The number of hydrogen-bond donors (Lipinski definition) is 2. The maximum absolute atomic E-state index is 4.41. The Balaban J connectivity index is 1.70. The molecular formula is C14H14N14. The Morgan fingerprint density at radius 1 is 0.571 bits per heavy atom. The molecule has 5 heterocycles. The van der Waals surface area contributed by atoms with E-state index in [9.17, 15) is 0 Å². The average molecular weight is 378 g/mol. The van der Waals surface area contributed by atoms with Crippen molar-refractivity contribution in [2.45, 2.75) is 33.1 Å². The van der Waals surface area contributed by atoms with Gasteiger partial charge in [0, 0.05) is 0 Å². The first kappa shape index (κ1) is 16.3. The predicted molar refractivity (Wildman–Crippen MR) is 97.4 cm³/mol. The van der Waals surface area contributed by atoms with Crippen LogP contribution in [0, 0.1) is 5.41 Å². The fraction of sp³-hybridized carbons (Fsp3) is 0.429. The number of aromatic nitrogens is 6. The summed E-state index contributed by atoms with van der Waals surface area (Å²) >= 11 is 0. The van der Waals surface area contributed by atoms with Crippen LogP contribution in [0.15, 0.2) is 40.4 Å². The fourth-order valence-electron chi connectivity index (χ4n) is 2.64. The SMILES string of the molecule is CC1(C)C2=NC(=Nc3n[nH]c(n3)C(C)(C)c3nc(n[nH]3)N=C3N=NC1=N3)N=N2. The summed E-state index contributed by atoms with van der Waals surface area (Å²) in [4.78, 5) is 26.0. The van der Waals surface area contributed by atoms with Crippen LogP contribution in [0.1, 0.15) is 39.3 Å². The van der Waals surface area contributed by atoms with Crippen molar-refractivity contribution in [2.24, 2.45) is 45.8 Å². The van der Waals surface area contributed by atoms with Gasteiger partial charge in [-0.15, -0.1) is 30.7 Å². The Bertz CT molecular complexity index is 1080. The first-order valence-electron chi connectivity index (χ1n) is 8.37. The number of rotatable bonds is 0. The minimum Gasteiger partial charge on any atom is -0.260 e. The van der Waals surface area contributed by atoms with Crippen LogP contribution in [0.4, 0.5) is 11.9 Å². The second-order valence-corrected chi connectivity index (χ2v) is 7.31. The summed E-state index contributed by atoms with van der Waals surface area (Å²) in [5.41, 5.74) is -1.41. The number of H-pyrrole nitrogens is 2. The van der Waals surface area contributed by atoms with Crippen molar-refractivity contribution in [1.29, 1.82) is 0 Å². The summed E-state index contributed by atoms with van der Waals surface area (Å²) < 4.78 is 0. The van der Waals surface area contributed by atoms with Crippen LogP contribution in [-0.2, 0) is 5.41 Å². The van der Waals surface area contributed by atoms with Crippen molar-refractivity contribution in [3.8, 4) is 0 Å². The molecule has 14 nitrogen and oxygen atoms in total. The monoisotopic (exact) mass is 378 g/mol. The third-order valence-corrected chi connectivity index (χ3v) is 4.53. The number of aromatic amines is 2. The molecule has 0 aliphatic carbocycles. The van der Waals surface area contributed by atoms with Gasteiger partial charge in [0.1, 0.15) is 11.6 Å². The standard InChI is InChI=1S/C14H14N14/c1-13(2)5-15-9(25-21-5)19-11-17-7(23-27-11)14(3,4)8-18-12(28-24-8)20-10-16-6(13)22-26-10/h1-4H3,(H,15,21,25)(H,16,22,26). The van der Waals surface area contributed by atoms with E-state index >= 15 is 0 Å². The summed E-state index contributed by atoms with van der Waals surface area (Å²) in [6, 6.07) is 0. The molecule has 0 spiro atoms. The lowest BCUT2D eigenvalue weighted by atomic mass is 9.90. The van der Waals surface area contributed by atoms with Gasteiger partial charge in [0.25, 0.3) is 23.8 Å². The maximum Gasteiger partial charge on any atom is 0.274 e. The molecule has 0 fully saturated rings. The van der Waals surface area contributed by atoms with Crippen molar-refractivity contribution in [3.05, 3.63) is 11.6 Å². The van der Waals surface area contributed by atoms with Gasteiger partial charge >= 0.3 is 0 Å². The number of fused-ring (bicyclic) bond motifs is 6. The lowest BCUT2D eigenvalue weighted by Gasteiger charge is -2.17. The molecule has 0 amide bonds. The van der Waals surface area contributed by atoms with Gasteiger partial charge in [0.05, 0.1) is 10.8 Å². The molecule has 0 aromatic carbocycles. The normalized spacial score (nSPS) is 21.3. The second-order valence-electron chi connectivity index (χ2n) is 7.31. The molecule has 28 heavy (non-hydrogen) atoms. The molecule has 0 radical (unpaired) electrons. The van der Waals surface area contributed by atoms with Gasteiger partial charge in [-0.3, -0.25) is 10.2 Å². The molecule has 8 bridgehead atoms. The average Bonchev–Trinajstić information content (AvgIpc) is 3.42. The number of azo groups is 2. The Morgan fingerprint density at radius 2 is 1.04 bits per heavy atom. The number of nitrogens with one attached hydrogen (secondary N) is 2. The molecule has 3 aliphatic heterocycles. The van der Waals surface area contributed by atoms with Crippen LogP contribution in [0.2, 0.25) is 0 Å². The Kier molecular flexibility index (Phi) is 3.12. The number of nitrogens with zero attached hydrogens (tertiary/aromatic N) is 12. The van der Waals surface area contributed by atoms with E-state index in [1.54, 1.807) is 0 Å². The molecular weight excluding hydrogens is 364 g/mol. The van der Waals surface area contributed by atoms with Crippen LogP contribution >= 0.6 is 0 Å². The van der Waals surface area contributed by atoms with Crippen LogP contribution < -0.4 is 0 Å². The van der Waals surface area contributed by atoms with Gasteiger partial charge < -0.3 is 0 Å². The van der Waals surface area contributed by atoms with Crippen LogP contribution in [0.3, 0.4) is 0 Å². The van der Waals surface area contributed by atoms with E-state index in [-0.39, 0.29) is 23.8 Å². The molecule has 14 heteroatoms. The summed E-state index contributed by atoms with van der Waals surface area (Å²) in [6.07, 6.45) is 0. The van der Waals surface area contributed by atoms with E-state index in [2.05, 4.69) is 70.8 Å². The smallest absolute Gasteiger partial charge is 0.260 e. The van der Waals surface area contributed by atoms with E-state index < -0.39 is 10.8 Å². The quantitative estimate of drug-likeness (QED) is 0.711. The van der Waals surface area contributed by atoms with Gasteiger partial charge in [0.2, 0.25) is 0 Å². The Labute approximate surface area is 157 Å². The lowest BCUT2D eigenvalue weighted by Crippen LogP contribution is -2.30. The van der Waals surface area contributed by atoms with E-state index in [0.29, 0.717) is 23.3 Å². The van der Waals surface area contributed by atoms with Gasteiger partial charge in [0.15, 0.2) is 11.7 Å². The molecule has 2 N–H and O–H groups in total. The molecule has 0 atom stereocenters. The second kappa shape index (κ2) is 5.34. The highest BCUT2D eigenvalue weighted by Gasteiger charge is 2.37. The van der Waals surface area contributed by atoms with Crippen molar-refractivity contribution in [3.63, 3.8) is 0 Å². The molecule has 140 valence electrons. The van der Waals surface area contributed by atoms with Gasteiger partial charge in [-0.2, -0.15) is 29.9 Å². The van der Waals surface area contributed by atoms with Crippen molar-refractivity contribution in [2.75, 3.05) is 0 Å². The first-order chi connectivity index (χ1) is 13.3. The minimum atomic E-state index is -0.755. The van der Waals surface area contributed by atoms with Crippen LogP contribution in [0.25, 0.3) is 0 Å². The van der Waals surface area contributed by atoms with Gasteiger partial charge in [-0.25, -0.2) is 0 Å². The third kappa shape index (κ3) is 2.41.